The van der Waals surface area contributed by atoms with Gasteiger partial charge in [0.2, 0.25) is 5.91 Å². The maximum Gasteiger partial charge on any atom is 0.304 e. The van der Waals surface area contributed by atoms with E-state index in [-0.39, 0.29) is 18.9 Å². The average molecular weight is 452 g/mol. The van der Waals surface area contributed by atoms with E-state index in [2.05, 4.69) is 5.32 Å². The minimum absolute atomic E-state index is 0.00836. The van der Waals surface area contributed by atoms with Crippen LogP contribution in [0.4, 0.5) is 19.4 Å². The number of halogens is 5. The number of allylic oxidation sites excluding steroid dienone is 1. The van der Waals surface area contributed by atoms with Crippen molar-refractivity contribution in [1.82, 2.24) is 5.32 Å². The van der Waals surface area contributed by atoms with Crippen LogP contribution in [0.1, 0.15) is 96.3 Å². The zero-order valence-electron chi connectivity index (χ0n) is 17.3. The normalized spacial score (nSPS) is 14.7. The standard InChI is InChI=1S/C20H38F5NO2S/c21-29(22,23,24,25)19-15-11-7-3-1-2-4-8-12-16-20(28)26-17-13-9-5-6-10-14-18-27/h15,19,27H,1-14,16-18H2,(H,26,28)/b19-15+. The van der Waals surface area contributed by atoms with Gasteiger partial charge < -0.3 is 10.4 Å². The van der Waals surface area contributed by atoms with Crippen molar-refractivity contribution in [2.75, 3.05) is 13.2 Å². The SMILES string of the molecule is O=C(CCCCCCCCC/C=C/S(F)(F)(F)(F)F)NCCCCCCCCO. The predicted molar refractivity (Wildman–Crippen MR) is 112 cm³/mol. The van der Waals surface area contributed by atoms with Crippen LogP contribution < -0.4 is 5.32 Å². The van der Waals surface area contributed by atoms with Gasteiger partial charge in [0.15, 0.2) is 0 Å². The first-order chi connectivity index (χ1) is 13.4. The number of rotatable bonds is 19. The number of hydrogen-bond acceptors (Lipinski definition) is 2. The van der Waals surface area contributed by atoms with Crippen molar-refractivity contribution in [2.24, 2.45) is 0 Å². The number of hydrogen-bond donors (Lipinski definition) is 2. The molecule has 0 aromatic heterocycles. The highest BCUT2D eigenvalue weighted by atomic mass is 32.5. The van der Waals surface area contributed by atoms with Crippen LogP contribution in [0.2, 0.25) is 0 Å². The second-order valence-corrected chi connectivity index (χ2v) is 9.94. The van der Waals surface area contributed by atoms with Crippen LogP contribution >= 0.6 is 10.2 Å². The van der Waals surface area contributed by atoms with Gasteiger partial charge in [0.05, 0.1) is 5.41 Å². The summed E-state index contributed by atoms with van der Waals surface area (Å²) >= 11 is 0. The van der Waals surface area contributed by atoms with E-state index >= 15 is 0 Å². The Morgan fingerprint density at radius 2 is 1.21 bits per heavy atom. The Morgan fingerprint density at radius 3 is 1.76 bits per heavy atom. The fourth-order valence-corrected chi connectivity index (χ4v) is 3.44. The van der Waals surface area contributed by atoms with E-state index in [1.165, 1.54) is 0 Å². The first-order valence-electron chi connectivity index (χ1n) is 10.7. The van der Waals surface area contributed by atoms with Gasteiger partial charge in [-0.15, -0.1) is 0 Å². The van der Waals surface area contributed by atoms with Crippen LogP contribution in [0.25, 0.3) is 0 Å². The molecule has 9 heteroatoms. The Morgan fingerprint density at radius 1 is 0.724 bits per heavy atom. The van der Waals surface area contributed by atoms with Crippen molar-refractivity contribution in [2.45, 2.75) is 96.3 Å². The molecule has 0 fully saturated rings. The van der Waals surface area contributed by atoms with Crippen LogP contribution in [0.15, 0.2) is 11.5 Å². The second-order valence-electron chi connectivity index (χ2n) is 7.61. The maximum atomic E-state index is 12.1. The number of aliphatic hydroxyl groups excluding tert-OH is 1. The van der Waals surface area contributed by atoms with E-state index < -0.39 is 15.6 Å². The van der Waals surface area contributed by atoms with Gasteiger partial charge in [-0.3, -0.25) is 4.79 Å². The van der Waals surface area contributed by atoms with E-state index in [1.54, 1.807) is 0 Å². The fourth-order valence-electron chi connectivity index (χ4n) is 2.94. The summed E-state index contributed by atoms with van der Waals surface area (Å²) in [6.07, 6.45) is 12.9. The van der Waals surface area contributed by atoms with E-state index in [4.69, 9.17) is 5.11 Å². The second kappa shape index (κ2) is 13.5. The van der Waals surface area contributed by atoms with Crippen LogP contribution in [0.5, 0.6) is 0 Å². The molecule has 3 nitrogen and oxygen atoms in total. The Kier molecular flexibility index (Phi) is 13.1. The molecule has 1 amide bonds. The minimum atomic E-state index is -9.39. The predicted octanol–water partition coefficient (Wildman–Crippen LogP) is 7.76. The molecule has 0 bridgehead atoms. The van der Waals surface area contributed by atoms with Gasteiger partial charge in [-0.05, 0) is 32.1 Å². The first kappa shape index (κ1) is 28.2. The van der Waals surface area contributed by atoms with Gasteiger partial charge >= 0.3 is 10.2 Å². The molecular formula is C20H38F5NO2S. The lowest BCUT2D eigenvalue weighted by Gasteiger charge is -2.36. The molecule has 0 aromatic carbocycles. The van der Waals surface area contributed by atoms with E-state index in [9.17, 15) is 24.2 Å². The Bertz CT molecular complexity index is 468. The summed E-state index contributed by atoms with van der Waals surface area (Å²) < 4.78 is 60.3. The Labute approximate surface area is 172 Å². The van der Waals surface area contributed by atoms with Gasteiger partial charge in [-0.1, -0.05) is 83.3 Å². The summed E-state index contributed by atoms with van der Waals surface area (Å²) in [5, 5.41) is 10.7. The van der Waals surface area contributed by atoms with Crippen LogP contribution in [0, 0.1) is 0 Å². The summed E-state index contributed by atoms with van der Waals surface area (Å²) in [5.41, 5.74) is 0. The van der Waals surface area contributed by atoms with Crippen LogP contribution in [-0.2, 0) is 4.79 Å². The largest absolute Gasteiger partial charge is 0.396 e. The van der Waals surface area contributed by atoms with Gasteiger partial charge in [0.1, 0.15) is 0 Å². The zero-order chi connectivity index (χ0) is 22.1. The molecule has 29 heavy (non-hydrogen) atoms. The highest BCUT2D eigenvalue weighted by molar-refractivity contribution is 8.48. The lowest BCUT2D eigenvalue weighted by molar-refractivity contribution is -0.121. The monoisotopic (exact) mass is 451 g/mol. The molecule has 0 saturated carbocycles. The third kappa shape index (κ3) is 25.1. The molecule has 0 rings (SSSR count). The summed E-state index contributed by atoms with van der Waals surface area (Å²) in [6, 6.07) is 0. The Balaban J connectivity index is 3.38. The first-order valence-corrected chi connectivity index (χ1v) is 12.7. The van der Waals surface area contributed by atoms with Crippen LogP contribution in [0.3, 0.4) is 0 Å². The minimum Gasteiger partial charge on any atom is -0.396 e. The molecule has 2 N–H and O–H groups in total. The maximum absolute atomic E-state index is 12.1. The van der Waals surface area contributed by atoms with Crippen molar-refractivity contribution in [1.29, 1.82) is 0 Å². The molecule has 0 unspecified atom stereocenters. The quantitative estimate of drug-likeness (QED) is 0.156. The van der Waals surface area contributed by atoms with Crippen molar-refractivity contribution < 1.29 is 29.3 Å². The molecule has 0 aromatic rings. The van der Waals surface area contributed by atoms with Crippen molar-refractivity contribution >= 4 is 16.1 Å². The number of amides is 1. The number of carbonyl (C=O) groups excluding carboxylic acids is 1. The topological polar surface area (TPSA) is 49.3 Å². The lowest BCUT2D eigenvalue weighted by Crippen LogP contribution is -2.23. The molecule has 0 atom stereocenters. The summed E-state index contributed by atoms with van der Waals surface area (Å²) in [5.74, 6) is 0.0704. The van der Waals surface area contributed by atoms with Gasteiger partial charge in [-0.25, -0.2) is 0 Å². The molecule has 0 aliphatic rings. The smallest absolute Gasteiger partial charge is 0.304 e. The average Bonchev–Trinajstić information content (AvgIpc) is 2.60. The highest BCUT2D eigenvalue weighted by Gasteiger charge is 2.60. The molecule has 0 aliphatic heterocycles. The van der Waals surface area contributed by atoms with Gasteiger partial charge in [0, 0.05) is 19.6 Å². The molecule has 0 saturated heterocycles. The molecule has 0 radical (unpaired) electrons. The summed E-state index contributed by atoms with van der Waals surface area (Å²) in [6.45, 7) is 0.957. The number of nitrogens with one attached hydrogen (secondary N) is 1. The van der Waals surface area contributed by atoms with E-state index in [1.807, 2.05) is 0 Å². The lowest BCUT2D eigenvalue weighted by atomic mass is 10.1. The van der Waals surface area contributed by atoms with E-state index in [0.29, 0.717) is 31.9 Å². The van der Waals surface area contributed by atoms with Crippen LogP contribution in [-0.4, -0.2) is 24.2 Å². The Hall–Kier alpha value is -0.830. The van der Waals surface area contributed by atoms with Crippen molar-refractivity contribution in [3.8, 4) is 0 Å². The van der Waals surface area contributed by atoms with Gasteiger partial charge in [0.25, 0.3) is 0 Å². The molecule has 0 heterocycles. The number of carbonyl (C=O) groups is 1. The zero-order valence-corrected chi connectivity index (χ0v) is 18.1. The fraction of sp³-hybridized carbons (Fsp3) is 0.850. The molecule has 0 spiro atoms. The third-order valence-electron chi connectivity index (χ3n) is 4.54. The molecular weight excluding hydrogens is 413 g/mol. The number of unbranched alkanes of at least 4 members (excludes halogenated alkanes) is 12. The summed E-state index contributed by atoms with van der Waals surface area (Å²) in [4.78, 5) is 11.7. The summed E-state index contributed by atoms with van der Waals surface area (Å²) in [7, 11) is -9.39. The van der Waals surface area contributed by atoms with Crippen molar-refractivity contribution in [3.05, 3.63) is 11.5 Å². The van der Waals surface area contributed by atoms with Crippen molar-refractivity contribution in [3.63, 3.8) is 0 Å². The van der Waals surface area contributed by atoms with Gasteiger partial charge in [-0.2, -0.15) is 0 Å². The third-order valence-corrected chi connectivity index (χ3v) is 5.24. The number of aliphatic hydroxyl groups is 1. The molecule has 0 aliphatic carbocycles. The van der Waals surface area contributed by atoms with E-state index in [0.717, 1.165) is 70.6 Å². The highest BCUT2D eigenvalue weighted by Crippen LogP contribution is 2.98. The molecule has 176 valence electrons.